The number of amides is 1. The third kappa shape index (κ3) is 5.30. The van der Waals surface area contributed by atoms with Crippen LogP contribution < -0.4 is 5.32 Å². The quantitative estimate of drug-likeness (QED) is 0.780. The van der Waals surface area contributed by atoms with Crippen LogP contribution in [-0.4, -0.2) is 41.5 Å². The molecule has 4 nitrogen and oxygen atoms in total. The maximum absolute atomic E-state index is 13.0. The summed E-state index contributed by atoms with van der Waals surface area (Å²) in [6, 6.07) is 10.8. The molecule has 1 unspecified atom stereocenters. The fourth-order valence-corrected chi connectivity index (χ4v) is 4.68. The summed E-state index contributed by atoms with van der Waals surface area (Å²) < 4.78 is 13.0. The zero-order valence-corrected chi connectivity index (χ0v) is 16.6. The molecule has 1 aromatic heterocycles. The molecule has 1 aromatic carbocycles. The molecule has 5 heteroatoms. The first kappa shape index (κ1) is 19.8. The summed E-state index contributed by atoms with van der Waals surface area (Å²) in [7, 11) is 0. The molecule has 2 heterocycles. The van der Waals surface area contributed by atoms with Gasteiger partial charge in [0.25, 0.3) is 0 Å². The van der Waals surface area contributed by atoms with Gasteiger partial charge in [-0.2, -0.15) is 0 Å². The van der Waals surface area contributed by atoms with Crippen LogP contribution in [0.3, 0.4) is 0 Å². The summed E-state index contributed by atoms with van der Waals surface area (Å²) >= 11 is 0. The molecule has 1 saturated heterocycles. The van der Waals surface area contributed by atoms with Crippen molar-refractivity contribution in [1.82, 2.24) is 15.2 Å². The Morgan fingerprint density at radius 2 is 1.93 bits per heavy atom. The van der Waals surface area contributed by atoms with Gasteiger partial charge < -0.3 is 5.32 Å². The maximum atomic E-state index is 13.0. The van der Waals surface area contributed by atoms with Crippen molar-refractivity contribution in [2.75, 3.05) is 19.6 Å². The van der Waals surface area contributed by atoms with Gasteiger partial charge in [-0.05, 0) is 60.4 Å². The smallest absolute Gasteiger partial charge is 0.220 e. The van der Waals surface area contributed by atoms with Crippen molar-refractivity contribution < 1.29 is 9.18 Å². The van der Waals surface area contributed by atoms with E-state index in [2.05, 4.69) is 21.3 Å². The number of halogens is 1. The van der Waals surface area contributed by atoms with Gasteiger partial charge in [0.05, 0.1) is 0 Å². The number of rotatable bonds is 7. The molecule has 1 aliphatic heterocycles. The molecule has 1 amide bonds. The molecule has 1 N–H and O–H groups in total. The van der Waals surface area contributed by atoms with E-state index in [-0.39, 0.29) is 11.7 Å². The normalized spacial score (nSPS) is 24.1. The number of hydrogen-bond acceptors (Lipinski definition) is 3. The van der Waals surface area contributed by atoms with Crippen LogP contribution in [-0.2, 0) is 11.2 Å². The third-order valence-electron chi connectivity index (χ3n) is 6.14. The van der Waals surface area contributed by atoms with E-state index in [0.717, 1.165) is 37.2 Å². The number of carbonyl (C=O) groups is 1. The molecule has 3 atom stereocenters. The van der Waals surface area contributed by atoms with Crippen LogP contribution in [0.5, 0.6) is 0 Å². The fourth-order valence-electron chi connectivity index (χ4n) is 4.68. The van der Waals surface area contributed by atoms with Crippen LogP contribution in [0, 0.1) is 17.7 Å². The molecule has 0 spiro atoms. The molecular formula is C24H28FN3O. The Balaban J connectivity index is 1.24. The van der Waals surface area contributed by atoms with Gasteiger partial charge >= 0.3 is 0 Å². The standard InChI is InChI=1S/C24H28FN3O/c25-22-10-5-18(6-11-22)4-2-14-28-16-20-8-9-21(17-28)24(20)27-23(29)12-7-19-3-1-13-26-15-19/h1-6,10-11,13,15,20-21,24H,7-9,12,14,16-17H2,(H,27,29)/b4-2+/t20-,21+,24?. The molecule has 2 aromatic rings. The molecular weight excluding hydrogens is 365 g/mol. The summed E-state index contributed by atoms with van der Waals surface area (Å²) in [4.78, 5) is 19.0. The van der Waals surface area contributed by atoms with Crippen molar-refractivity contribution in [3.63, 3.8) is 0 Å². The van der Waals surface area contributed by atoms with E-state index in [0.29, 0.717) is 24.3 Å². The molecule has 2 bridgehead atoms. The number of fused-ring (bicyclic) bond motifs is 2. The van der Waals surface area contributed by atoms with E-state index in [4.69, 9.17) is 0 Å². The highest BCUT2D eigenvalue weighted by atomic mass is 19.1. The van der Waals surface area contributed by atoms with Gasteiger partial charge in [0.1, 0.15) is 5.82 Å². The first-order valence-electron chi connectivity index (χ1n) is 10.5. The van der Waals surface area contributed by atoms with Gasteiger partial charge in [-0.15, -0.1) is 0 Å². The number of nitrogens with zero attached hydrogens (tertiary/aromatic N) is 2. The van der Waals surface area contributed by atoms with Crippen LogP contribution in [0.15, 0.2) is 54.9 Å². The zero-order valence-electron chi connectivity index (χ0n) is 16.6. The number of pyridine rings is 1. The van der Waals surface area contributed by atoms with Crippen molar-refractivity contribution in [2.24, 2.45) is 11.8 Å². The lowest BCUT2D eigenvalue weighted by molar-refractivity contribution is -0.122. The van der Waals surface area contributed by atoms with Crippen LogP contribution in [0.1, 0.15) is 30.4 Å². The van der Waals surface area contributed by atoms with E-state index in [1.165, 1.54) is 25.0 Å². The number of carbonyl (C=O) groups excluding carboxylic acids is 1. The van der Waals surface area contributed by atoms with E-state index in [1.54, 1.807) is 18.3 Å². The van der Waals surface area contributed by atoms with Crippen molar-refractivity contribution in [3.8, 4) is 0 Å². The number of piperidine rings is 1. The first-order valence-corrected chi connectivity index (χ1v) is 10.5. The van der Waals surface area contributed by atoms with Crippen molar-refractivity contribution >= 4 is 12.0 Å². The second-order valence-corrected chi connectivity index (χ2v) is 8.22. The predicted molar refractivity (Wildman–Crippen MR) is 113 cm³/mol. The van der Waals surface area contributed by atoms with Crippen LogP contribution >= 0.6 is 0 Å². The Morgan fingerprint density at radius 3 is 2.62 bits per heavy atom. The van der Waals surface area contributed by atoms with Gasteiger partial charge in [0.2, 0.25) is 5.91 Å². The van der Waals surface area contributed by atoms with Gasteiger partial charge in [-0.25, -0.2) is 4.39 Å². The summed E-state index contributed by atoms with van der Waals surface area (Å²) in [6.45, 7) is 2.95. The molecule has 2 aliphatic rings. The average Bonchev–Trinajstić information content (AvgIpc) is 2.96. The molecule has 1 aliphatic carbocycles. The second kappa shape index (κ2) is 9.31. The fraction of sp³-hybridized carbons (Fsp3) is 0.417. The van der Waals surface area contributed by atoms with Crippen LogP contribution in [0.4, 0.5) is 4.39 Å². The minimum absolute atomic E-state index is 0.153. The highest BCUT2D eigenvalue weighted by Crippen LogP contribution is 2.37. The van der Waals surface area contributed by atoms with E-state index >= 15 is 0 Å². The first-order chi connectivity index (χ1) is 14.2. The Hall–Kier alpha value is -2.53. The SMILES string of the molecule is O=C(CCc1cccnc1)NC1[C@@H]2CC[C@H]1CN(C/C=C/c1ccc(F)cc1)C2. The highest BCUT2D eigenvalue weighted by molar-refractivity contribution is 5.76. The number of aromatic nitrogens is 1. The summed E-state index contributed by atoms with van der Waals surface area (Å²) in [5, 5.41) is 3.32. The molecule has 152 valence electrons. The van der Waals surface area contributed by atoms with Gasteiger partial charge in [0, 0.05) is 44.5 Å². The maximum Gasteiger partial charge on any atom is 0.220 e. The molecule has 2 fully saturated rings. The van der Waals surface area contributed by atoms with E-state index in [9.17, 15) is 9.18 Å². The van der Waals surface area contributed by atoms with Crippen LogP contribution in [0.2, 0.25) is 0 Å². The average molecular weight is 394 g/mol. The molecule has 29 heavy (non-hydrogen) atoms. The second-order valence-electron chi connectivity index (χ2n) is 8.22. The van der Waals surface area contributed by atoms with E-state index < -0.39 is 0 Å². The lowest BCUT2D eigenvalue weighted by atomic mass is 9.92. The number of benzene rings is 1. The Bertz CT molecular complexity index is 823. The molecule has 4 rings (SSSR count). The number of hydrogen-bond donors (Lipinski definition) is 1. The Morgan fingerprint density at radius 1 is 1.17 bits per heavy atom. The van der Waals surface area contributed by atoms with Gasteiger partial charge in [-0.1, -0.05) is 30.4 Å². The minimum Gasteiger partial charge on any atom is -0.353 e. The largest absolute Gasteiger partial charge is 0.353 e. The predicted octanol–water partition coefficient (Wildman–Crippen LogP) is 3.69. The summed E-state index contributed by atoms with van der Waals surface area (Å²) in [5.74, 6) is 1.02. The monoisotopic (exact) mass is 393 g/mol. The summed E-state index contributed by atoms with van der Waals surface area (Å²) in [6.07, 6.45) is 11.4. The third-order valence-corrected chi connectivity index (χ3v) is 6.14. The Labute approximate surface area is 171 Å². The van der Waals surface area contributed by atoms with Crippen molar-refractivity contribution in [1.29, 1.82) is 0 Å². The van der Waals surface area contributed by atoms with E-state index in [1.807, 2.05) is 24.4 Å². The molecule has 0 radical (unpaired) electrons. The van der Waals surface area contributed by atoms with Gasteiger partial charge in [0.15, 0.2) is 0 Å². The number of aryl methyl sites for hydroxylation is 1. The lowest BCUT2D eigenvalue weighted by Gasteiger charge is -2.38. The lowest BCUT2D eigenvalue weighted by Crippen LogP contribution is -2.52. The molecule has 1 saturated carbocycles. The zero-order chi connectivity index (χ0) is 20.1. The van der Waals surface area contributed by atoms with Gasteiger partial charge in [-0.3, -0.25) is 14.7 Å². The minimum atomic E-state index is -0.205. The van der Waals surface area contributed by atoms with Crippen molar-refractivity contribution in [2.45, 2.75) is 31.7 Å². The van der Waals surface area contributed by atoms with Crippen LogP contribution in [0.25, 0.3) is 6.08 Å². The number of nitrogens with one attached hydrogen (secondary N) is 1. The Kier molecular flexibility index (Phi) is 6.35. The summed E-state index contributed by atoms with van der Waals surface area (Å²) in [5.41, 5.74) is 2.12. The van der Waals surface area contributed by atoms with Crippen molar-refractivity contribution in [3.05, 3.63) is 71.8 Å². The topological polar surface area (TPSA) is 45.2 Å². The number of likely N-dealkylation sites (tertiary alicyclic amines) is 1. The highest BCUT2D eigenvalue weighted by Gasteiger charge is 2.42.